The molecule has 19 heavy (non-hydrogen) atoms. The van der Waals surface area contributed by atoms with Gasteiger partial charge in [-0.25, -0.2) is 4.98 Å². The molecule has 0 saturated heterocycles. The Kier molecular flexibility index (Phi) is 3.87. The molecule has 0 spiro atoms. The van der Waals surface area contributed by atoms with Gasteiger partial charge in [-0.15, -0.1) is 15.3 Å². The van der Waals surface area contributed by atoms with Gasteiger partial charge in [0.25, 0.3) is 5.91 Å². The van der Waals surface area contributed by atoms with Crippen LogP contribution in [0.5, 0.6) is 0 Å². The molecule has 0 aliphatic rings. The molecule has 2 aromatic rings. The normalized spacial score (nSPS) is 10.3. The summed E-state index contributed by atoms with van der Waals surface area (Å²) >= 11 is 11.4. The number of nitrogens with one attached hydrogen (secondary N) is 1. The predicted octanol–water partition coefficient (Wildman–Crippen LogP) is 1.84. The van der Waals surface area contributed by atoms with Crippen molar-refractivity contribution in [2.75, 3.05) is 5.32 Å². The Labute approximate surface area is 118 Å². The molecule has 7 nitrogen and oxygen atoms in total. The van der Waals surface area contributed by atoms with Gasteiger partial charge in [-0.05, 0) is 19.9 Å². The third-order valence-electron chi connectivity index (χ3n) is 2.28. The average molecular weight is 299 g/mol. The molecule has 2 heterocycles. The van der Waals surface area contributed by atoms with Crippen molar-refractivity contribution in [3.05, 3.63) is 33.3 Å². The van der Waals surface area contributed by atoms with Gasteiger partial charge in [0.2, 0.25) is 5.95 Å². The number of aromatic nitrogens is 5. The van der Waals surface area contributed by atoms with Crippen LogP contribution in [0.1, 0.15) is 21.7 Å². The lowest BCUT2D eigenvalue weighted by molar-refractivity contribution is 0.102. The molecular formula is C10H8Cl2N6O. The van der Waals surface area contributed by atoms with Gasteiger partial charge in [0.05, 0.1) is 17.0 Å². The first kappa shape index (κ1) is 13.6. The Balaban J connectivity index is 2.25. The van der Waals surface area contributed by atoms with Crippen LogP contribution in [0.25, 0.3) is 0 Å². The highest BCUT2D eigenvalue weighted by Crippen LogP contribution is 2.16. The summed E-state index contributed by atoms with van der Waals surface area (Å²) in [6.07, 6.45) is 0. The summed E-state index contributed by atoms with van der Waals surface area (Å²) in [5.41, 5.74) is 1.44. The number of hydrogen-bond donors (Lipinski definition) is 1. The Morgan fingerprint density at radius 2 is 1.84 bits per heavy atom. The highest BCUT2D eigenvalue weighted by Gasteiger charge is 2.15. The minimum Gasteiger partial charge on any atom is -0.289 e. The summed E-state index contributed by atoms with van der Waals surface area (Å²) in [4.78, 5) is 16.0. The fourth-order valence-electron chi connectivity index (χ4n) is 1.19. The molecule has 9 heteroatoms. The number of anilines is 1. The molecule has 0 aromatic carbocycles. The van der Waals surface area contributed by atoms with Crippen molar-refractivity contribution in [2.24, 2.45) is 0 Å². The summed E-state index contributed by atoms with van der Waals surface area (Å²) in [5.74, 6) is -0.455. The van der Waals surface area contributed by atoms with Crippen molar-refractivity contribution in [2.45, 2.75) is 13.8 Å². The van der Waals surface area contributed by atoms with E-state index in [2.05, 4.69) is 30.7 Å². The summed E-state index contributed by atoms with van der Waals surface area (Å²) in [5, 5.41) is 17.1. The van der Waals surface area contributed by atoms with E-state index in [9.17, 15) is 4.79 Å². The maximum absolute atomic E-state index is 12.0. The summed E-state index contributed by atoms with van der Waals surface area (Å²) in [6, 6.07) is 1.31. The van der Waals surface area contributed by atoms with Crippen molar-refractivity contribution in [3.8, 4) is 0 Å². The number of amides is 1. The lowest BCUT2D eigenvalue weighted by atomic mass is 10.3. The third-order valence-corrected chi connectivity index (χ3v) is 2.74. The van der Waals surface area contributed by atoms with Gasteiger partial charge in [-0.1, -0.05) is 23.2 Å². The van der Waals surface area contributed by atoms with E-state index in [4.69, 9.17) is 23.2 Å². The van der Waals surface area contributed by atoms with Crippen molar-refractivity contribution in [1.82, 2.24) is 25.4 Å². The first-order valence-corrected chi connectivity index (χ1v) is 5.91. The lowest BCUT2D eigenvalue weighted by Crippen LogP contribution is -2.16. The van der Waals surface area contributed by atoms with Crippen molar-refractivity contribution in [3.63, 3.8) is 0 Å². The van der Waals surface area contributed by atoms with Gasteiger partial charge in [-0.3, -0.25) is 10.1 Å². The quantitative estimate of drug-likeness (QED) is 0.909. The summed E-state index contributed by atoms with van der Waals surface area (Å²) in [7, 11) is 0. The van der Waals surface area contributed by atoms with E-state index in [0.717, 1.165) is 0 Å². The zero-order valence-corrected chi connectivity index (χ0v) is 11.5. The first-order valence-electron chi connectivity index (χ1n) is 5.15. The van der Waals surface area contributed by atoms with Crippen LogP contribution < -0.4 is 5.32 Å². The molecular weight excluding hydrogens is 291 g/mol. The van der Waals surface area contributed by atoms with Gasteiger partial charge in [0.15, 0.2) is 10.3 Å². The van der Waals surface area contributed by atoms with Crippen LogP contribution in [0.2, 0.25) is 10.3 Å². The van der Waals surface area contributed by atoms with Crippen LogP contribution >= 0.6 is 23.2 Å². The molecule has 0 aliphatic heterocycles. The number of nitrogens with zero attached hydrogens (tertiary/aromatic N) is 5. The van der Waals surface area contributed by atoms with E-state index in [0.29, 0.717) is 11.4 Å². The van der Waals surface area contributed by atoms with Gasteiger partial charge in [0.1, 0.15) is 0 Å². The maximum atomic E-state index is 12.0. The molecule has 2 aromatic heterocycles. The van der Waals surface area contributed by atoms with Crippen LogP contribution in [0, 0.1) is 13.8 Å². The van der Waals surface area contributed by atoms with Crippen molar-refractivity contribution < 1.29 is 4.79 Å². The topological polar surface area (TPSA) is 93.6 Å². The van der Waals surface area contributed by atoms with Crippen molar-refractivity contribution in [1.29, 1.82) is 0 Å². The second-order valence-electron chi connectivity index (χ2n) is 3.63. The van der Waals surface area contributed by atoms with Crippen LogP contribution in [0.4, 0.5) is 5.95 Å². The second-order valence-corrected chi connectivity index (χ2v) is 4.38. The molecule has 98 valence electrons. The summed E-state index contributed by atoms with van der Waals surface area (Å²) < 4.78 is 0. The second kappa shape index (κ2) is 5.41. The SMILES string of the molecule is Cc1nnc(NC(=O)c2cc(Cl)nnc2Cl)nc1C. The number of halogens is 2. The Morgan fingerprint density at radius 3 is 2.53 bits per heavy atom. The van der Waals surface area contributed by atoms with Gasteiger partial charge >= 0.3 is 0 Å². The molecule has 0 saturated carbocycles. The highest BCUT2D eigenvalue weighted by atomic mass is 35.5. The smallest absolute Gasteiger partial charge is 0.261 e. The largest absolute Gasteiger partial charge is 0.289 e. The predicted molar refractivity (Wildman–Crippen MR) is 69.3 cm³/mol. The van der Waals surface area contributed by atoms with Crippen molar-refractivity contribution >= 4 is 35.1 Å². The zero-order valence-electron chi connectivity index (χ0n) is 9.98. The molecule has 2 rings (SSSR count). The number of hydrogen-bond acceptors (Lipinski definition) is 6. The van der Waals surface area contributed by atoms with E-state index in [-0.39, 0.29) is 21.8 Å². The minimum absolute atomic E-state index is 0.0568. The third kappa shape index (κ3) is 3.12. The molecule has 0 aliphatic carbocycles. The van der Waals surface area contributed by atoms with Crippen LogP contribution in [-0.2, 0) is 0 Å². The van der Waals surface area contributed by atoms with E-state index in [1.165, 1.54) is 6.07 Å². The van der Waals surface area contributed by atoms with E-state index in [1.54, 1.807) is 13.8 Å². The number of carbonyl (C=O) groups excluding carboxylic acids is 1. The van der Waals surface area contributed by atoms with Gasteiger partial charge in [-0.2, -0.15) is 5.10 Å². The fraction of sp³-hybridized carbons (Fsp3) is 0.200. The Bertz CT molecular complexity index is 648. The van der Waals surface area contributed by atoms with E-state index in [1.807, 2.05) is 0 Å². The van der Waals surface area contributed by atoms with E-state index < -0.39 is 5.91 Å². The zero-order chi connectivity index (χ0) is 14.0. The monoisotopic (exact) mass is 298 g/mol. The minimum atomic E-state index is -0.535. The highest BCUT2D eigenvalue weighted by molar-refractivity contribution is 6.34. The van der Waals surface area contributed by atoms with Crippen LogP contribution in [0.15, 0.2) is 6.07 Å². The Hall–Kier alpha value is -1.86. The molecule has 0 radical (unpaired) electrons. The average Bonchev–Trinajstić information content (AvgIpc) is 2.36. The molecule has 0 fully saturated rings. The first-order chi connectivity index (χ1) is 8.97. The van der Waals surface area contributed by atoms with Gasteiger partial charge < -0.3 is 0 Å². The number of rotatable bonds is 2. The van der Waals surface area contributed by atoms with E-state index >= 15 is 0 Å². The van der Waals surface area contributed by atoms with Crippen LogP contribution in [0.3, 0.4) is 0 Å². The lowest BCUT2D eigenvalue weighted by Gasteiger charge is -2.05. The fourth-order valence-corrected chi connectivity index (χ4v) is 1.52. The molecule has 0 atom stereocenters. The Morgan fingerprint density at radius 1 is 1.11 bits per heavy atom. The molecule has 0 bridgehead atoms. The maximum Gasteiger partial charge on any atom is 0.261 e. The van der Waals surface area contributed by atoms with Gasteiger partial charge in [0, 0.05) is 0 Å². The summed E-state index contributed by atoms with van der Waals surface area (Å²) in [6.45, 7) is 3.53. The van der Waals surface area contributed by atoms with Crippen LogP contribution in [-0.4, -0.2) is 31.3 Å². The molecule has 1 N–H and O–H groups in total. The standard InChI is InChI=1S/C10H8Cl2N6O/c1-4-5(2)15-18-10(13-4)14-9(19)6-3-7(11)16-17-8(6)12/h3H,1-2H3,(H,13,14,18,19). The molecule has 0 unspecified atom stereocenters. The molecule has 1 amide bonds. The number of carbonyl (C=O) groups is 1. The number of aryl methyl sites for hydroxylation is 2.